The molecule has 0 aliphatic rings. The number of rotatable bonds is 6. The lowest BCUT2D eigenvalue weighted by Gasteiger charge is -2.18. The first-order valence-corrected chi connectivity index (χ1v) is 6.94. The van der Waals surface area contributed by atoms with Crippen LogP contribution in [0.5, 0.6) is 0 Å². The zero-order chi connectivity index (χ0) is 12.8. The molecule has 17 heavy (non-hydrogen) atoms. The summed E-state index contributed by atoms with van der Waals surface area (Å²) >= 11 is 3.31. The fourth-order valence-electron chi connectivity index (χ4n) is 2.02. The average Bonchev–Trinajstić information content (AvgIpc) is 2.28. The molecule has 0 aliphatic carbocycles. The van der Waals surface area contributed by atoms with Crippen molar-refractivity contribution in [2.45, 2.75) is 39.2 Å². The lowest BCUT2D eigenvalue weighted by atomic mass is 9.97. The van der Waals surface area contributed by atoms with Gasteiger partial charge in [-0.15, -0.1) is 0 Å². The van der Waals surface area contributed by atoms with E-state index >= 15 is 0 Å². The molecule has 1 unspecified atom stereocenters. The van der Waals surface area contributed by atoms with Crippen LogP contribution < -0.4 is 5.32 Å². The summed E-state index contributed by atoms with van der Waals surface area (Å²) in [6.07, 6.45) is 3.09. The van der Waals surface area contributed by atoms with Crippen LogP contribution in [0.2, 0.25) is 0 Å². The third-order valence-electron chi connectivity index (χ3n) is 2.96. The van der Waals surface area contributed by atoms with Gasteiger partial charge in [0.05, 0.1) is 4.47 Å². The van der Waals surface area contributed by atoms with Gasteiger partial charge in [-0.2, -0.15) is 0 Å². The van der Waals surface area contributed by atoms with Crippen LogP contribution in [0, 0.1) is 11.7 Å². The van der Waals surface area contributed by atoms with E-state index in [2.05, 4.69) is 35.1 Å². The summed E-state index contributed by atoms with van der Waals surface area (Å²) in [6.45, 7) is 4.45. The Morgan fingerprint density at radius 2 is 2.06 bits per heavy atom. The van der Waals surface area contributed by atoms with E-state index < -0.39 is 0 Å². The summed E-state index contributed by atoms with van der Waals surface area (Å²) in [4.78, 5) is 0. The molecule has 0 saturated heterocycles. The van der Waals surface area contributed by atoms with Crippen molar-refractivity contribution in [1.29, 1.82) is 0 Å². The maximum absolute atomic E-state index is 13.3. The Hall–Kier alpha value is -0.410. The van der Waals surface area contributed by atoms with Crippen molar-refractivity contribution in [1.82, 2.24) is 5.32 Å². The van der Waals surface area contributed by atoms with Gasteiger partial charge in [0.1, 0.15) is 5.82 Å². The number of halogens is 2. The van der Waals surface area contributed by atoms with Gasteiger partial charge >= 0.3 is 0 Å². The van der Waals surface area contributed by atoms with Crippen LogP contribution >= 0.6 is 15.9 Å². The zero-order valence-corrected chi connectivity index (χ0v) is 12.3. The van der Waals surface area contributed by atoms with Crippen molar-refractivity contribution in [2.24, 2.45) is 5.92 Å². The van der Waals surface area contributed by atoms with Crippen LogP contribution in [-0.2, 0) is 6.42 Å². The highest BCUT2D eigenvalue weighted by Crippen LogP contribution is 2.22. The van der Waals surface area contributed by atoms with E-state index in [0.717, 1.165) is 24.8 Å². The Morgan fingerprint density at radius 1 is 1.35 bits per heavy atom. The van der Waals surface area contributed by atoms with Crippen molar-refractivity contribution >= 4 is 15.9 Å². The number of hydrogen-bond donors (Lipinski definition) is 1. The molecule has 1 aromatic carbocycles. The Kier molecular flexibility index (Phi) is 6.14. The van der Waals surface area contributed by atoms with Crippen LogP contribution in [0.3, 0.4) is 0 Å². The van der Waals surface area contributed by atoms with E-state index in [9.17, 15) is 4.39 Å². The van der Waals surface area contributed by atoms with E-state index in [-0.39, 0.29) is 5.82 Å². The third kappa shape index (κ3) is 4.76. The average molecular weight is 302 g/mol. The maximum atomic E-state index is 13.3. The highest BCUT2D eigenvalue weighted by atomic mass is 79.9. The molecule has 1 N–H and O–H groups in total. The van der Waals surface area contributed by atoms with Crippen molar-refractivity contribution in [2.75, 3.05) is 7.05 Å². The van der Waals surface area contributed by atoms with Crippen LogP contribution in [-0.4, -0.2) is 13.1 Å². The van der Waals surface area contributed by atoms with Crippen LogP contribution in [0.1, 0.15) is 32.3 Å². The number of aryl methyl sites for hydroxylation is 1. The van der Waals surface area contributed by atoms with Gasteiger partial charge in [-0.25, -0.2) is 4.39 Å². The minimum atomic E-state index is -0.174. The van der Waals surface area contributed by atoms with Gasteiger partial charge in [0.15, 0.2) is 0 Å². The molecular formula is C14H21BrFN. The maximum Gasteiger partial charge on any atom is 0.137 e. The molecule has 1 atom stereocenters. The van der Waals surface area contributed by atoms with Gasteiger partial charge in [0.25, 0.3) is 0 Å². The summed E-state index contributed by atoms with van der Waals surface area (Å²) in [5, 5.41) is 3.33. The van der Waals surface area contributed by atoms with E-state index in [4.69, 9.17) is 0 Å². The molecular weight excluding hydrogens is 281 g/mol. The van der Waals surface area contributed by atoms with Crippen molar-refractivity contribution < 1.29 is 4.39 Å². The molecule has 0 aliphatic heterocycles. The predicted octanol–water partition coefficient (Wildman–Crippen LogP) is 4.15. The van der Waals surface area contributed by atoms with Crippen LogP contribution in [0.15, 0.2) is 22.7 Å². The minimum Gasteiger partial charge on any atom is -0.317 e. The first-order valence-electron chi connectivity index (χ1n) is 6.14. The summed E-state index contributed by atoms with van der Waals surface area (Å²) in [5.74, 6) is 0.510. The second kappa shape index (κ2) is 7.12. The van der Waals surface area contributed by atoms with Crippen molar-refractivity contribution in [3.8, 4) is 0 Å². The van der Waals surface area contributed by atoms with Crippen LogP contribution in [0.25, 0.3) is 0 Å². The molecule has 3 heteroatoms. The highest BCUT2D eigenvalue weighted by Gasteiger charge is 2.11. The first-order chi connectivity index (χ1) is 8.04. The van der Waals surface area contributed by atoms with Gasteiger partial charge in [-0.05, 0) is 59.8 Å². The molecule has 0 radical (unpaired) electrons. The quantitative estimate of drug-likeness (QED) is 0.832. The molecule has 1 rings (SSSR count). The fraction of sp³-hybridized carbons (Fsp3) is 0.571. The Bertz CT molecular complexity index is 352. The molecule has 0 saturated carbocycles. The number of nitrogens with one attached hydrogen (secondary N) is 1. The largest absolute Gasteiger partial charge is 0.317 e. The molecule has 1 aromatic rings. The Labute approximate surface area is 112 Å². The molecule has 1 nitrogen and oxygen atoms in total. The van der Waals surface area contributed by atoms with Gasteiger partial charge in [0, 0.05) is 6.04 Å². The molecule has 0 bridgehead atoms. The standard InChI is InChI=1S/C14H21BrFN/c1-10(2)9-12(17-3)8-7-11-5-4-6-13(16)14(11)15/h4-6,10,12,17H,7-9H2,1-3H3. The van der Waals surface area contributed by atoms with E-state index in [1.165, 1.54) is 6.07 Å². The molecule has 0 aromatic heterocycles. The summed E-state index contributed by atoms with van der Waals surface area (Å²) in [6, 6.07) is 5.74. The fourth-order valence-corrected chi connectivity index (χ4v) is 2.48. The summed E-state index contributed by atoms with van der Waals surface area (Å²) < 4.78 is 13.9. The second-order valence-electron chi connectivity index (χ2n) is 4.87. The molecule has 0 amide bonds. The summed E-state index contributed by atoms with van der Waals surface area (Å²) in [5.41, 5.74) is 1.05. The van der Waals surface area contributed by atoms with Gasteiger partial charge in [-0.3, -0.25) is 0 Å². The number of benzene rings is 1. The van der Waals surface area contributed by atoms with Gasteiger partial charge in [-0.1, -0.05) is 26.0 Å². The molecule has 0 heterocycles. The first kappa shape index (κ1) is 14.7. The lowest BCUT2D eigenvalue weighted by molar-refractivity contribution is 0.421. The lowest BCUT2D eigenvalue weighted by Crippen LogP contribution is -2.27. The van der Waals surface area contributed by atoms with E-state index in [1.807, 2.05) is 13.1 Å². The molecule has 96 valence electrons. The van der Waals surface area contributed by atoms with Gasteiger partial charge in [0.2, 0.25) is 0 Å². The van der Waals surface area contributed by atoms with Gasteiger partial charge < -0.3 is 5.32 Å². The van der Waals surface area contributed by atoms with E-state index in [0.29, 0.717) is 16.4 Å². The molecule has 0 spiro atoms. The predicted molar refractivity (Wildman–Crippen MR) is 74.7 cm³/mol. The monoisotopic (exact) mass is 301 g/mol. The minimum absolute atomic E-state index is 0.174. The number of hydrogen-bond acceptors (Lipinski definition) is 1. The Morgan fingerprint density at radius 3 is 2.65 bits per heavy atom. The SMILES string of the molecule is CNC(CCc1cccc(F)c1Br)CC(C)C. The van der Waals surface area contributed by atoms with Crippen molar-refractivity contribution in [3.63, 3.8) is 0 Å². The van der Waals surface area contributed by atoms with E-state index in [1.54, 1.807) is 6.07 Å². The summed E-state index contributed by atoms with van der Waals surface area (Å²) in [7, 11) is 1.99. The Balaban J connectivity index is 2.56. The third-order valence-corrected chi connectivity index (χ3v) is 3.85. The highest BCUT2D eigenvalue weighted by molar-refractivity contribution is 9.10. The second-order valence-corrected chi connectivity index (χ2v) is 5.66. The molecule has 0 fully saturated rings. The van der Waals surface area contributed by atoms with Crippen molar-refractivity contribution in [3.05, 3.63) is 34.1 Å². The van der Waals surface area contributed by atoms with Crippen LogP contribution in [0.4, 0.5) is 4.39 Å². The zero-order valence-electron chi connectivity index (χ0n) is 10.8. The normalized spacial score (nSPS) is 13.1. The smallest absolute Gasteiger partial charge is 0.137 e. The topological polar surface area (TPSA) is 12.0 Å².